The molecule has 0 atom stereocenters. The SMILES string of the molecule is CCOc1cc(C(=O)N(CCN(CC)CC)c2nc3ccc(CC)cc3s2)cc(OCC)c1OCC. The number of aromatic nitrogens is 1. The first-order chi connectivity index (χ1) is 17.5. The van der Waals surface area contributed by atoms with Crippen LogP contribution < -0.4 is 19.1 Å². The molecule has 0 N–H and O–H groups in total. The van der Waals surface area contributed by atoms with E-state index >= 15 is 0 Å². The van der Waals surface area contributed by atoms with E-state index < -0.39 is 0 Å². The number of amides is 1. The third-order valence-electron chi connectivity index (χ3n) is 6.02. The molecular weight excluding hydrogens is 474 g/mol. The molecule has 36 heavy (non-hydrogen) atoms. The van der Waals surface area contributed by atoms with Crippen LogP contribution in [-0.2, 0) is 6.42 Å². The molecule has 1 aromatic heterocycles. The van der Waals surface area contributed by atoms with E-state index in [1.165, 1.54) is 5.56 Å². The smallest absolute Gasteiger partial charge is 0.260 e. The molecule has 1 amide bonds. The summed E-state index contributed by atoms with van der Waals surface area (Å²) in [4.78, 5) is 23.0. The van der Waals surface area contributed by atoms with Gasteiger partial charge in [-0.2, -0.15) is 0 Å². The van der Waals surface area contributed by atoms with Gasteiger partial charge in [-0.25, -0.2) is 4.98 Å². The summed E-state index contributed by atoms with van der Waals surface area (Å²) in [6.45, 7) is 16.6. The number of hydrogen-bond donors (Lipinski definition) is 0. The van der Waals surface area contributed by atoms with Crippen molar-refractivity contribution in [2.24, 2.45) is 0 Å². The van der Waals surface area contributed by atoms with E-state index in [9.17, 15) is 4.79 Å². The van der Waals surface area contributed by atoms with Gasteiger partial charge in [0, 0.05) is 18.7 Å². The molecule has 0 radical (unpaired) electrons. The monoisotopic (exact) mass is 513 g/mol. The summed E-state index contributed by atoms with van der Waals surface area (Å²) in [5, 5.41) is 0.695. The van der Waals surface area contributed by atoms with E-state index in [0.717, 1.165) is 36.3 Å². The molecule has 0 aliphatic heterocycles. The summed E-state index contributed by atoms with van der Waals surface area (Å²) in [7, 11) is 0. The van der Waals surface area contributed by atoms with Crippen LogP contribution >= 0.6 is 11.3 Å². The van der Waals surface area contributed by atoms with Gasteiger partial charge in [-0.15, -0.1) is 0 Å². The summed E-state index contributed by atoms with van der Waals surface area (Å²) < 4.78 is 18.6. The lowest BCUT2D eigenvalue weighted by Gasteiger charge is -2.25. The van der Waals surface area contributed by atoms with Gasteiger partial charge < -0.3 is 19.1 Å². The zero-order valence-electron chi connectivity index (χ0n) is 22.4. The standard InChI is InChI=1S/C28H39N3O4S/c1-7-20-13-14-22-25(17-20)36-28(29-22)31(16-15-30(8-2)9-3)27(32)21-18-23(33-10-4)26(35-12-6)24(19-21)34-11-5/h13-14,17-19H,7-12,15-16H2,1-6H3. The van der Waals surface area contributed by atoms with E-state index in [-0.39, 0.29) is 5.91 Å². The summed E-state index contributed by atoms with van der Waals surface area (Å²) in [5.74, 6) is 1.41. The molecule has 0 saturated carbocycles. The molecule has 7 nitrogen and oxygen atoms in total. The van der Waals surface area contributed by atoms with Crippen LogP contribution in [0, 0.1) is 0 Å². The minimum atomic E-state index is -0.137. The van der Waals surface area contributed by atoms with Crippen LogP contribution in [0.3, 0.4) is 0 Å². The minimum absolute atomic E-state index is 0.137. The fourth-order valence-corrected chi connectivity index (χ4v) is 5.08. The predicted octanol–water partition coefficient (Wildman–Crippen LogP) is 6.04. The van der Waals surface area contributed by atoms with Gasteiger partial charge in [0.2, 0.25) is 5.75 Å². The zero-order valence-corrected chi connectivity index (χ0v) is 23.2. The van der Waals surface area contributed by atoms with Crippen LogP contribution in [0.1, 0.15) is 57.5 Å². The van der Waals surface area contributed by atoms with Crippen LogP contribution in [0.25, 0.3) is 10.2 Å². The van der Waals surface area contributed by atoms with Crippen LogP contribution in [0.4, 0.5) is 5.13 Å². The number of hydrogen-bond acceptors (Lipinski definition) is 7. The number of nitrogens with zero attached hydrogens (tertiary/aromatic N) is 3. The number of carbonyl (C=O) groups is 1. The summed E-state index contributed by atoms with van der Waals surface area (Å²) in [6.07, 6.45) is 0.959. The number of likely N-dealkylation sites (N-methyl/N-ethyl adjacent to an activating group) is 1. The molecule has 0 unspecified atom stereocenters. The molecule has 0 saturated heterocycles. The molecule has 3 rings (SSSR count). The Bertz CT molecular complexity index is 1120. The van der Waals surface area contributed by atoms with Gasteiger partial charge in [-0.05, 0) is 70.1 Å². The highest BCUT2D eigenvalue weighted by molar-refractivity contribution is 7.22. The lowest BCUT2D eigenvalue weighted by molar-refractivity contribution is 0.0982. The third kappa shape index (κ3) is 6.48. The second-order valence-electron chi connectivity index (χ2n) is 8.24. The van der Waals surface area contributed by atoms with Crippen LogP contribution in [0.5, 0.6) is 17.2 Å². The predicted molar refractivity (Wildman–Crippen MR) is 148 cm³/mol. The first-order valence-electron chi connectivity index (χ1n) is 13.0. The second-order valence-corrected chi connectivity index (χ2v) is 9.25. The molecule has 8 heteroatoms. The first kappa shape index (κ1) is 27.7. The number of rotatable bonds is 14. The Morgan fingerprint density at radius 2 is 1.50 bits per heavy atom. The van der Waals surface area contributed by atoms with Crippen molar-refractivity contribution in [1.82, 2.24) is 9.88 Å². The van der Waals surface area contributed by atoms with Gasteiger partial charge in [-0.1, -0.05) is 38.2 Å². The Morgan fingerprint density at radius 3 is 2.06 bits per heavy atom. The number of fused-ring (bicyclic) bond motifs is 1. The van der Waals surface area contributed by atoms with E-state index in [0.29, 0.717) is 54.3 Å². The van der Waals surface area contributed by atoms with Crippen molar-refractivity contribution in [3.63, 3.8) is 0 Å². The molecule has 0 aliphatic rings. The maximum atomic E-state index is 14.0. The van der Waals surface area contributed by atoms with Gasteiger partial charge in [-0.3, -0.25) is 9.69 Å². The number of carbonyl (C=O) groups excluding carboxylic acids is 1. The molecular formula is C28H39N3O4S. The van der Waals surface area contributed by atoms with Crippen molar-refractivity contribution < 1.29 is 19.0 Å². The van der Waals surface area contributed by atoms with Crippen molar-refractivity contribution in [3.05, 3.63) is 41.5 Å². The molecule has 0 spiro atoms. The van der Waals surface area contributed by atoms with Gasteiger partial charge in [0.15, 0.2) is 16.6 Å². The number of thiazole rings is 1. The lowest BCUT2D eigenvalue weighted by atomic mass is 10.1. The lowest BCUT2D eigenvalue weighted by Crippen LogP contribution is -2.38. The molecule has 1 heterocycles. The van der Waals surface area contributed by atoms with Gasteiger partial charge in [0.05, 0.1) is 30.0 Å². The average Bonchev–Trinajstić information content (AvgIpc) is 3.31. The zero-order chi connectivity index (χ0) is 26.1. The van der Waals surface area contributed by atoms with Crippen molar-refractivity contribution >= 4 is 32.6 Å². The number of anilines is 1. The maximum absolute atomic E-state index is 14.0. The molecule has 196 valence electrons. The highest BCUT2D eigenvalue weighted by atomic mass is 32.1. The number of aryl methyl sites for hydroxylation is 1. The van der Waals surface area contributed by atoms with Crippen molar-refractivity contribution in [1.29, 1.82) is 0 Å². The Balaban J connectivity index is 2.07. The summed E-state index contributed by atoms with van der Waals surface area (Å²) in [6, 6.07) is 9.82. The van der Waals surface area contributed by atoms with Crippen molar-refractivity contribution in [2.45, 2.75) is 48.0 Å². The van der Waals surface area contributed by atoms with Gasteiger partial charge in [0.1, 0.15) is 0 Å². The highest BCUT2D eigenvalue weighted by Crippen LogP contribution is 2.40. The van der Waals surface area contributed by atoms with Gasteiger partial charge in [0.25, 0.3) is 5.91 Å². The Labute approximate surface area is 219 Å². The largest absolute Gasteiger partial charge is 0.490 e. The number of benzene rings is 2. The molecule has 0 fully saturated rings. The van der Waals surface area contributed by atoms with E-state index in [4.69, 9.17) is 19.2 Å². The summed E-state index contributed by atoms with van der Waals surface area (Å²) in [5.41, 5.74) is 2.65. The topological polar surface area (TPSA) is 64.1 Å². The van der Waals surface area contributed by atoms with Crippen LogP contribution in [0.15, 0.2) is 30.3 Å². The van der Waals surface area contributed by atoms with E-state index in [2.05, 4.69) is 37.8 Å². The Morgan fingerprint density at radius 1 is 0.861 bits per heavy atom. The van der Waals surface area contributed by atoms with Crippen LogP contribution in [-0.4, -0.2) is 61.8 Å². The van der Waals surface area contributed by atoms with Crippen LogP contribution in [0.2, 0.25) is 0 Å². The molecule has 2 aromatic carbocycles. The Hall–Kier alpha value is -2.84. The fraction of sp³-hybridized carbons (Fsp3) is 0.500. The number of ether oxygens (including phenoxy) is 3. The van der Waals surface area contributed by atoms with Gasteiger partial charge >= 0.3 is 0 Å². The van der Waals surface area contributed by atoms with Crippen molar-refractivity contribution in [2.75, 3.05) is 50.9 Å². The van der Waals surface area contributed by atoms with E-state index in [1.54, 1.807) is 28.4 Å². The van der Waals surface area contributed by atoms with Crippen molar-refractivity contribution in [3.8, 4) is 17.2 Å². The van der Waals surface area contributed by atoms with E-state index in [1.807, 2.05) is 26.8 Å². The fourth-order valence-electron chi connectivity index (χ4n) is 4.03. The molecule has 0 aliphatic carbocycles. The maximum Gasteiger partial charge on any atom is 0.260 e. The highest BCUT2D eigenvalue weighted by Gasteiger charge is 2.25. The molecule has 0 bridgehead atoms. The summed E-state index contributed by atoms with van der Waals surface area (Å²) >= 11 is 1.55. The third-order valence-corrected chi connectivity index (χ3v) is 7.06. The second kappa shape index (κ2) is 13.5. The normalized spacial score (nSPS) is 11.2. The molecule has 3 aromatic rings. The quantitative estimate of drug-likeness (QED) is 0.262. The average molecular weight is 514 g/mol. The Kier molecular flexibility index (Phi) is 10.4. The minimum Gasteiger partial charge on any atom is -0.490 e. The first-order valence-corrected chi connectivity index (χ1v) is 13.8.